The van der Waals surface area contributed by atoms with E-state index in [2.05, 4.69) is 14.9 Å². The summed E-state index contributed by atoms with van der Waals surface area (Å²) in [7, 11) is 5.99. The van der Waals surface area contributed by atoms with Crippen LogP contribution in [0.3, 0.4) is 0 Å². The Balaban J connectivity index is 1.70. The minimum absolute atomic E-state index is 0.602. The lowest BCUT2D eigenvalue weighted by Gasteiger charge is -2.19. The minimum atomic E-state index is 0.602. The smallest absolute Gasteiger partial charge is 0.204 e. The number of aromatic nitrogens is 2. The maximum atomic E-state index is 5.59. The molecule has 3 rings (SSSR count). The molecule has 21 heavy (non-hydrogen) atoms. The van der Waals surface area contributed by atoms with Gasteiger partial charge >= 0.3 is 0 Å². The van der Waals surface area contributed by atoms with Gasteiger partial charge in [0, 0.05) is 32.9 Å². The number of ether oxygens (including phenoxy) is 2. The van der Waals surface area contributed by atoms with E-state index in [-0.39, 0.29) is 0 Å². The predicted octanol–water partition coefficient (Wildman–Crippen LogP) is 1.87. The molecule has 112 valence electrons. The summed E-state index contributed by atoms with van der Waals surface area (Å²) in [5, 5.41) is 3.39. The number of hydrogen-bond donors (Lipinski definition) is 1. The van der Waals surface area contributed by atoms with Gasteiger partial charge in [-0.3, -0.25) is 0 Å². The highest BCUT2D eigenvalue weighted by Crippen LogP contribution is 2.32. The summed E-state index contributed by atoms with van der Waals surface area (Å²) in [6, 6.07) is 5.90. The molecule has 6 heteroatoms. The van der Waals surface area contributed by atoms with Crippen LogP contribution in [0.25, 0.3) is 0 Å². The van der Waals surface area contributed by atoms with Crippen LogP contribution in [0.1, 0.15) is 5.69 Å². The molecule has 1 aromatic carbocycles. The van der Waals surface area contributed by atoms with E-state index in [4.69, 9.17) is 9.47 Å². The van der Waals surface area contributed by atoms with Crippen LogP contribution >= 0.6 is 0 Å². The van der Waals surface area contributed by atoms with E-state index in [0.717, 1.165) is 28.8 Å². The highest BCUT2D eigenvalue weighted by molar-refractivity contribution is 5.55. The van der Waals surface area contributed by atoms with E-state index in [9.17, 15) is 0 Å². The van der Waals surface area contributed by atoms with Crippen molar-refractivity contribution in [3.05, 3.63) is 30.1 Å². The summed E-state index contributed by atoms with van der Waals surface area (Å²) in [6.07, 6.45) is 1.89. The van der Waals surface area contributed by atoms with Crippen LogP contribution in [0.5, 0.6) is 11.5 Å². The van der Waals surface area contributed by atoms with Crippen LogP contribution < -0.4 is 19.7 Å². The summed E-state index contributed by atoms with van der Waals surface area (Å²) >= 11 is 0. The van der Waals surface area contributed by atoms with Crippen molar-refractivity contribution in [2.45, 2.75) is 6.54 Å². The molecule has 0 unspecified atom stereocenters. The van der Waals surface area contributed by atoms with Crippen molar-refractivity contribution in [1.82, 2.24) is 9.55 Å². The molecule has 0 fully saturated rings. The molecular weight excluding hydrogens is 268 g/mol. The van der Waals surface area contributed by atoms with Crippen LogP contribution in [-0.4, -0.2) is 36.9 Å². The number of benzene rings is 1. The second-order valence-electron chi connectivity index (χ2n) is 5.21. The highest BCUT2D eigenvalue weighted by Gasteiger charge is 2.12. The van der Waals surface area contributed by atoms with Gasteiger partial charge in [-0.05, 0) is 12.1 Å². The third-order valence-corrected chi connectivity index (χ3v) is 3.48. The average Bonchev–Trinajstić information content (AvgIpc) is 2.86. The third kappa shape index (κ3) is 2.74. The number of imidazole rings is 1. The summed E-state index contributed by atoms with van der Waals surface area (Å²) in [4.78, 5) is 6.40. The van der Waals surface area contributed by atoms with Crippen molar-refractivity contribution in [2.75, 3.05) is 37.5 Å². The molecule has 1 aromatic heterocycles. The van der Waals surface area contributed by atoms with E-state index in [1.165, 1.54) is 0 Å². The third-order valence-electron chi connectivity index (χ3n) is 3.48. The van der Waals surface area contributed by atoms with E-state index in [1.807, 2.05) is 50.4 Å². The number of rotatable bonds is 4. The Morgan fingerprint density at radius 2 is 2.00 bits per heavy atom. The van der Waals surface area contributed by atoms with Crippen LogP contribution in [0.4, 0.5) is 11.6 Å². The monoisotopic (exact) mass is 288 g/mol. The Kier molecular flexibility index (Phi) is 3.60. The molecule has 0 amide bonds. The summed E-state index contributed by atoms with van der Waals surface area (Å²) in [5.41, 5.74) is 2.13. The largest absolute Gasteiger partial charge is 0.486 e. The van der Waals surface area contributed by atoms with Gasteiger partial charge in [0.25, 0.3) is 0 Å². The molecular formula is C15H20N4O2. The van der Waals surface area contributed by atoms with Gasteiger partial charge in [-0.1, -0.05) is 0 Å². The van der Waals surface area contributed by atoms with Gasteiger partial charge < -0.3 is 24.3 Å². The quantitative estimate of drug-likeness (QED) is 0.931. The first kappa shape index (κ1) is 13.6. The second kappa shape index (κ2) is 5.55. The highest BCUT2D eigenvalue weighted by atomic mass is 16.6. The van der Waals surface area contributed by atoms with Gasteiger partial charge in [0.2, 0.25) is 5.95 Å². The van der Waals surface area contributed by atoms with Crippen LogP contribution in [-0.2, 0) is 13.6 Å². The molecule has 2 heterocycles. The molecule has 1 aliphatic heterocycles. The number of anilines is 2. The Hall–Kier alpha value is -2.37. The van der Waals surface area contributed by atoms with Crippen molar-refractivity contribution in [2.24, 2.45) is 7.05 Å². The Morgan fingerprint density at radius 1 is 1.24 bits per heavy atom. The number of nitrogens with one attached hydrogen (secondary N) is 1. The van der Waals surface area contributed by atoms with Crippen molar-refractivity contribution < 1.29 is 9.47 Å². The fraction of sp³-hybridized carbons (Fsp3) is 0.400. The Bertz CT molecular complexity index is 637. The van der Waals surface area contributed by atoms with Gasteiger partial charge in [0.1, 0.15) is 13.2 Å². The summed E-state index contributed by atoms with van der Waals surface area (Å²) in [6.45, 7) is 1.92. The van der Waals surface area contributed by atoms with Crippen LogP contribution in [0, 0.1) is 0 Å². The molecule has 1 N–H and O–H groups in total. The molecule has 6 nitrogen and oxygen atoms in total. The second-order valence-corrected chi connectivity index (χ2v) is 5.21. The van der Waals surface area contributed by atoms with E-state index in [1.54, 1.807) is 0 Å². The minimum Gasteiger partial charge on any atom is -0.486 e. The van der Waals surface area contributed by atoms with Gasteiger partial charge in [0.05, 0.1) is 18.4 Å². The van der Waals surface area contributed by atoms with Gasteiger partial charge in [-0.2, -0.15) is 0 Å². The van der Waals surface area contributed by atoms with E-state index >= 15 is 0 Å². The van der Waals surface area contributed by atoms with Crippen molar-refractivity contribution >= 4 is 11.6 Å². The number of hydrogen-bond acceptors (Lipinski definition) is 5. The van der Waals surface area contributed by atoms with Crippen molar-refractivity contribution in [1.29, 1.82) is 0 Å². The zero-order valence-electron chi connectivity index (χ0n) is 12.6. The van der Waals surface area contributed by atoms with Crippen LogP contribution in [0.2, 0.25) is 0 Å². The van der Waals surface area contributed by atoms with Gasteiger partial charge in [-0.15, -0.1) is 0 Å². The SMILES string of the molecule is CN(C)c1ncc(CNc2ccc3c(c2)OCCO3)n1C. The first-order valence-corrected chi connectivity index (χ1v) is 6.96. The molecule has 2 aromatic rings. The molecule has 0 atom stereocenters. The average molecular weight is 288 g/mol. The molecule has 0 aliphatic carbocycles. The van der Waals surface area contributed by atoms with Crippen LogP contribution in [0.15, 0.2) is 24.4 Å². The topological polar surface area (TPSA) is 51.6 Å². The first-order chi connectivity index (χ1) is 10.1. The molecule has 0 radical (unpaired) electrons. The lowest BCUT2D eigenvalue weighted by Crippen LogP contribution is -2.16. The predicted molar refractivity (Wildman–Crippen MR) is 82.3 cm³/mol. The fourth-order valence-electron chi connectivity index (χ4n) is 2.36. The van der Waals surface area contributed by atoms with Crippen molar-refractivity contribution in [3.8, 4) is 11.5 Å². The maximum absolute atomic E-state index is 5.59. The molecule has 0 bridgehead atoms. The van der Waals surface area contributed by atoms with Gasteiger partial charge in [-0.25, -0.2) is 4.98 Å². The Labute approximate surface area is 124 Å². The molecule has 0 spiro atoms. The zero-order chi connectivity index (χ0) is 14.8. The lowest BCUT2D eigenvalue weighted by molar-refractivity contribution is 0.171. The summed E-state index contributed by atoms with van der Waals surface area (Å²) < 4.78 is 13.2. The van der Waals surface area contributed by atoms with E-state index in [0.29, 0.717) is 19.8 Å². The molecule has 0 saturated carbocycles. The summed E-state index contributed by atoms with van der Waals surface area (Å²) in [5.74, 6) is 2.54. The van der Waals surface area contributed by atoms with Crippen molar-refractivity contribution in [3.63, 3.8) is 0 Å². The lowest BCUT2D eigenvalue weighted by atomic mass is 10.2. The number of nitrogens with zero attached hydrogens (tertiary/aromatic N) is 3. The Morgan fingerprint density at radius 3 is 2.71 bits per heavy atom. The molecule has 0 saturated heterocycles. The van der Waals surface area contributed by atoms with Gasteiger partial charge in [0.15, 0.2) is 11.5 Å². The maximum Gasteiger partial charge on any atom is 0.204 e. The number of fused-ring (bicyclic) bond motifs is 1. The first-order valence-electron chi connectivity index (χ1n) is 6.96. The normalized spacial score (nSPS) is 13.1. The zero-order valence-corrected chi connectivity index (χ0v) is 12.6. The fourth-order valence-corrected chi connectivity index (χ4v) is 2.36. The van der Waals surface area contributed by atoms with E-state index < -0.39 is 0 Å². The standard InChI is InChI=1S/C15H20N4O2/c1-18(2)15-17-10-12(19(15)3)9-16-11-4-5-13-14(8-11)21-7-6-20-13/h4-5,8,10,16H,6-7,9H2,1-3H3. The molecule has 1 aliphatic rings.